The number of ketones is 1. The summed E-state index contributed by atoms with van der Waals surface area (Å²) in [6.07, 6.45) is 1.60. The lowest BCUT2D eigenvalue weighted by Gasteiger charge is -2.11. The van der Waals surface area contributed by atoms with Gasteiger partial charge in [-0.15, -0.1) is 0 Å². The van der Waals surface area contributed by atoms with Crippen LogP contribution in [0.15, 0.2) is 72.8 Å². The highest BCUT2D eigenvalue weighted by atomic mass is 16.5. The number of para-hydroxylation sites is 2. The molecule has 0 spiro atoms. The van der Waals surface area contributed by atoms with Crippen molar-refractivity contribution >= 4 is 62.3 Å². The largest absolute Gasteiger partial charge is 0.508 e. The molecule has 8 nitrogen and oxygen atoms in total. The molecule has 0 atom stereocenters. The van der Waals surface area contributed by atoms with Crippen LogP contribution in [0.1, 0.15) is 32.9 Å². The molecule has 1 aliphatic rings. The molecule has 192 valence electrons. The number of benzene rings is 3. The van der Waals surface area contributed by atoms with Crippen LogP contribution < -0.4 is 0 Å². The molecule has 0 saturated carbocycles. The number of H-pyrrole nitrogens is 2. The lowest BCUT2D eigenvalue weighted by molar-refractivity contribution is -0.134. The number of carbonyl (C=O) groups excluding carboxylic acids is 3. The standard InChI is InChI=1S/C31H22N2O6/c1-38-30(36)20(15-16-11-13-17(34)14-12-16)27-23(18-7-3-5-9-21(18)32-27)25-26(31(37)39-2)24-19-8-4-6-10-22(19)33-28(24)29(25)35/h3-15,32-34H,1-2H3/b20-15-. The third-order valence-electron chi connectivity index (χ3n) is 6.88. The average Bonchev–Trinajstić information content (AvgIpc) is 3.61. The maximum atomic E-state index is 14.1. The summed E-state index contributed by atoms with van der Waals surface area (Å²) in [6.45, 7) is 0. The van der Waals surface area contributed by atoms with E-state index in [-0.39, 0.29) is 33.9 Å². The summed E-state index contributed by atoms with van der Waals surface area (Å²) >= 11 is 0. The van der Waals surface area contributed by atoms with Crippen molar-refractivity contribution in [3.05, 3.63) is 101 Å². The van der Waals surface area contributed by atoms with Crippen molar-refractivity contribution in [3.8, 4) is 5.75 Å². The second-order valence-electron chi connectivity index (χ2n) is 9.05. The molecule has 1 aliphatic carbocycles. The molecule has 8 heteroatoms. The second kappa shape index (κ2) is 9.18. The van der Waals surface area contributed by atoms with E-state index in [1.165, 1.54) is 26.4 Å². The molecule has 0 saturated heterocycles. The van der Waals surface area contributed by atoms with Gasteiger partial charge in [-0.1, -0.05) is 48.5 Å². The Labute approximate surface area is 222 Å². The number of allylic oxidation sites excluding steroid dienone is 1. The Kier molecular flexibility index (Phi) is 5.65. The van der Waals surface area contributed by atoms with Crippen LogP contribution in [0.5, 0.6) is 5.75 Å². The summed E-state index contributed by atoms with van der Waals surface area (Å²) in [6, 6.07) is 20.9. The molecule has 0 amide bonds. The van der Waals surface area contributed by atoms with Crippen molar-refractivity contribution in [2.24, 2.45) is 0 Å². The normalized spacial score (nSPS) is 13.3. The highest BCUT2D eigenvalue weighted by Gasteiger charge is 2.40. The zero-order valence-corrected chi connectivity index (χ0v) is 21.0. The van der Waals surface area contributed by atoms with Crippen molar-refractivity contribution in [1.82, 2.24) is 9.97 Å². The van der Waals surface area contributed by atoms with Gasteiger partial charge in [0.2, 0.25) is 5.78 Å². The number of aromatic hydroxyl groups is 1. The number of hydrogen-bond donors (Lipinski definition) is 3. The molecule has 39 heavy (non-hydrogen) atoms. The van der Waals surface area contributed by atoms with Crippen LogP contribution in [-0.2, 0) is 19.1 Å². The van der Waals surface area contributed by atoms with E-state index < -0.39 is 11.9 Å². The quantitative estimate of drug-likeness (QED) is 0.213. The molecule has 0 unspecified atom stereocenters. The van der Waals surface area contributed by atoms with Crippen LogP contribution in [-0.4, -0.2) is 47.0 Å². The second-order valence-corrected chi connectivity index (χ2v) is 9.05. The minimum Gasteiger partial charge on any atom is -0.508 e. The lowest BCUT2D eigenvalue weighted by Crippen LogP contribution is -2.10. The Morgan fingerprint density at radius 1 is 0.795 bits per heavy atom. The van der Waals surface area contributed by atoms with Crippen LogP contribution in [0, 0.1) is 0 Å². The fourth-order valence-electron chi connectivity index (χ4n) is 5.16. The van der Waals surface area contributed by atoms with Gasteiger partial charge in [0.25, 0.3) is 0 Å². The van der Waals surface area contributed by atoms with E-state index in [9.17, 15) is 19.5 Å². The summed E-state index contributed by atoms with van der Waals surface area (Å²) in [4.78, 5) is 47.0. The first-order valence-corrected chi connectivity index (χ1v) is 12.1. The Bertz CT molecular complexity index is 1890. The SMILES string of the molecule is COC(=O)C1=C(c2c(/C(=C/c3ccc(O)cc3)C(=O)OC)[nH]c3ccccc23)C(=O)c2[nH]c3ccccc3c21. The lowest BCUT2D eigenvalue weighted by atomic mass is 9.93. The first-order chi connectivity index (χ1) is 18.9. The first-order valence-electron chi connectivity index (χ1n) is 12.1. The summed E-state index contributed by atoms with van der Waals surface area (Å²) < 4.78 is 10.3. The number of aromatic amines is 2. The highest BCUT2D eigenvalue weighted by molar-refractivity contribution is 6.51. The van der Waals surface area contributed by atoms with Gasteiger partial charge in [-0.05, 0) is 35.9 Å². The monoisotopic (exact) mass is 518 g/mol. The summed E-state index contributed by atoms with van der Waals surface area (Å²) in [5.41, 5.74) is 3.84. The van der Waals surface area contributed by atoms with Crippen molar-refractivity contribution in [1.29, 1.82) is 0 Å². The zero-order chi connectivity index (χ0) is 27.3. The van der Waals surface area contributed by atoms with Crippen LogP contribution in [0.4, 0.5) is 0 Å². The van der Waals surface area contributed by atoms with Gasteiger partial charge in [-0.25, -0.2) is 9.59 Å². The van der Waals surface area contributed by atoms with Crippen molar-refractivity contribution < 1.29 is 29.0 Å². The summed E-state index contributed by atoms with van der Waals surface area (Å²) in [7, 11) is 2.54. The van der Waals surface area contributed by atoms with E-state index in [2.05, 4.69) is 9.97 Å². The molecular weight excluding hydrogens is 496 g/mol. The highest BCUT2D eigenvalue weighted by Crippen LogP contribution is 2.46. The molecule has 2 aromatic heterocycles. The van der Waals surface area contributed by atoms with E-state index >= 15 is 0 Å². The molecule has 0 radical (unpaired) electrons. The predicted octanol–water partition coefficient (Wildman–Crippen LogP) is 5.35. The number of esters is 2. The maximum Gasteiger partial charge on any atom is 0.340 e. The van der Waals surface area contributed by atoms with E-state index in [0.29, 0.717) is 38.7 Å². The number of ether oxygens (including phenoxy) is 2. The molecule has 0 fully saturated rings. The fourth-order valence-corrected chi connectivity index (χ4v) is 5.16. The van der Waals surface area contributed by atoms with Crippen molar-refractivity contribution in [3.63, 3.8) is 0 Å². The van der Waals surface area contributed by atoms with Gasteiger partial charge in [0, 0.05) is 38.5 Å². The third-order valence-corrected chi connectivity index (χ3v) is 6.88. The number of phenolic OH excluding ortho intramolecular Hbond substituents is 1. The number of fused-ring (bicyclic) bond motifs is 4. The molecule has 3 aromatic carbocycles. The van der Waals surface area contributed by atoms with E-state index in [1.807, 2.05) is 48.5 Å². The topological polar surface area (TPSA) is 121 Å². The van der Waals surface area contributed by atoms with Gasteiger partial charge < -0.3 is 24.5 Å². The Morgan fingerprint density at radius 3 is 2.05 bits per heavy atom. The third kappa shape index (κ3) is 3.73. The van der Waals surface area contributed by atoms with Gasteiger partial charge >= 0.3 is 11.9 Å². The van der Waals surface area contributed by atoms with Crippen molar-refractivity contribution in [2.75, 3.05) is 14.2 Å². The van der Waals surface area contributed by atoms with E-state index in [0.717, 1.165) is 5.52 Å². The zero-order valence-electron chi connectivity index (χ0n) is 21.0. The van der Waals surface area contributed by atoms with Crippen LogP contribution >= 0.6 is 0 Å². The Hall–Kier alpha value is -5.37. The molecule has 0 aliphatic heterocycles. The molecular formula is C31H22N2O6. The number of Topliss-reactive ketones (excluding diaryl/α,β-unsaturated/α-hetero) is 1. The summed E-state index contributed by atoms with van der Waals surface area (Å²) in [5.74, 6) is -1.62. The van der Waals surface area contributed by atoms with Gasteiger partial charge in [0.15, 0.2) is 0 Å². The number of phenols is 1. The van der Waals surface area contributed by atoms with Crippen LogP contribution in [0.25, 0.3) is 44.6 Å². The number of carbonyl (C=O) groups is 3. The van der Waals surface area contributed by atoms with E-state index in [1.54, 1.807) is 18.2 Å². The maximum absolute atomic E-state index is 14.1. The number of hydrogen-bond acceptors (Lipinski definition) is 6. The average molecular weight is 519 g/mol. The Balaban J connectivity index is 1.71. The smallest absolute Gasteiger partial charge is 0.340 e. The minimum atomic E-state index is -0.666. The fraction of sp³-hybridized carbons (Fsp3) is 0.0645. The van der Waals surface area contributed by atoms with Crippen LogP contribution in [0.3, 0.4) is 0 Å². The van der Waals surface area contributed by atoms with Crippen LogP contribution in [0.2, 0.25) is 0 Å². The first kappa shape index (κ1) is 24.0. The number of aromatic nitrogens is 2. The molecule has 0 bridgehead atoms. The predicted molar refractivity (Wildman–Crippen MR) is 148 cm³/mol. The molecule has 5 aromatic rings. The molecule has 6 rings (SSSR count). The van der Waals surface area contributed by atoms with E-state index in [4.69, 9.17) is 9.47 Å². The molecule has 2 heterocycles. The molecule has 3 N–H and O–H groups in total. The van der Waals surface area contributed by atoms with Gasteiger partial charge in [0.05, 0.1) is 36.8 Å². The van der Waals surface area contributed by atoms with Gasteiger partial charge in [-0.3, -0.25) is 4.79 Å². The minimum absolute atomic E-state index is 0.0795. The number of methoxy groups -OCH3 is 2. The van der Waals surface area contributed by atoms with Gasteiger partial charge in [-0.2, -0.15) is 0 Å². The summed E-state index contributed by atoms with van der Waals surface area (Å²) in [5, 5.41) is 11.1. The van der Waals surface area contributed by atoms with Crippen molar-refractivity contribution in [2.45, 2.75) is 0 Å². The number of rotatable bonds is 5. The van der Waals surface area contributed by atoms with Gasteiger partial charge in [0.1, 0.15) is 5.75 Å². The number of nitrogens with one attached hydrogen (secondary N) is 2. The Morgan fingerprint density at radius 2 is 1.41 bits per heavy atom.